The van der Waals surface area contributed by atoms with E-state index >= 15 is 0 Å². The first-order chi connectivity index (χ1) is 7.06. The Hall–Kier alpha value is -1.04. The van der Waals surface area contributed by atoms with Crippen molar-refractivity contribution in [3.8, 4) is 0 Å². The Morgan fingerprint density at radius 3 is 2.40 bits per heavy atom. The van der Waals surface area contributed by atoms with Crippen molar-refractivity contribution < 1.29 is 24.9 Å². The smallest absolute Gasteiger partial charge is 0.188 e. The normalized spacial score (nSPS) is 31.0. The van der Waals surface area contributed by atoms with Gasteiger partial charge in [-0.25, -0.2) is 0 Å². The van der Waals surface area contributed by atoms with E-state index in [1.54, 1.807) is 0 Å². The van der Waals surface area contributed by atoms with Gasteiger partial charge in [0.05, 0.1) is 5.92 Å². The monoisotopic (exact) mass is 214 g/mol. The van der Waals surface area contributed by atoms with Crippen molar-refractivity contribution in [2.45, 2.75) is 18.4 Å². The summed E-state index contributed by atoms with van der Waals surface area (Å²) in [4.78, 5) is 22.9. The minimum atomic E-state index is -1.86. The Bertz CT molecular complexity index is 296. The van der Waals surface area contributed by atoms with E-state index < -0.39 is 17.3 Å². The second-order valence-electron chi connectivity index (χ2n) is 3.56. The average Bonchev–Trinajstić information content (AvgIpc) is 2.20. The molecule has 3 N–H and O–H groups in total. The molecule has 0 saturated heterocycles. The van der Waals surface area contributed by atoms with Gasteiger partial charge in [-0.2, -0.15) is 0 Å². The fraction of sp³-hybridized carbons (Fsp3) is 0.600. The first-order valence-corrected chi connectivity index (χ1v) is 4.76. The lowest BCUT2D eigenvalue weighted by molar-refractivity contribution is -0.149. The lowest BCUT2D eigenvalue weighted by Crippen LogP contribution is -2.51. The van der Waals surface area contributed by atoms with Crippen LogP contribution in [0, 0.1) is 5.92 Å². The summed E-state index contributed by atoms with van der Waals surface area (Å²) in [7, 11) is 0. The van der Waals surface area contributed by atoms with Gasteiger partial charge in [0.15, 0.2) is 11.6 Å². The number of aliphatic hydroxyl groups excluding tert-OH is 2. The highest BCUT2D eigenvalue weighted by molar-refractivity contribution is 6.10. The van der Waals surface area contributed by atoms with E-state index in [0.29, 0.717) is 0 Å². The van der Waals surface area contributed by atoms with Crippen LogP contribution in [-0.4, -0.2) is 45.7 Å². The third-order valence-electron chi connectivity index (χ3n) is 2.66. The number of ketones is 2. The zero-order valence-corrected chi connectivity index (χ0v) is 8.22. The number of rotatable bonds is 4. The van der Waals surface area contributed by atoms with Crippen LogP contribution in [0.3, 0.4) is 0 Å². The van der Waals surface area contributed by atoms with Crippen molar-refractivity contribution in [1.82, 2.24) is 0 Å². The Kier molecular flexibility index (Phi) is 3.73. The molecule has 0 radical (unpaired) electrons. The van der Waals surface area contributed by atoms with E-state index in [9.17, 15) is 14.7 Å². The highest BCUT2D eigenvalue weighted by atomic mass is 16.3. The summed E-state index contributed by atoms with van der Waals surface area (Å²) in [5, 5.41) is 27.5. The van der Waals surface area contributed by atoms with Gasteiger partial charge in [-0.05, 0) is 18.6 Å². The van der Waals surface area contributed by atoms with Crippen LogP contribution < -0.4 is 0 Å². The molecule has 0 amide bonds. The maximum absolute atomic E-state index is 11.5. The molecule has 5 nitrogen and oxygen atoms in total. The molecule has 5 heteroatoms. The number of allylic oxidation sites excluding steroid dienone is 1. The fourth-order valence-corrected chi connectivity index (χ4v) is 1.80. The molecule has 2 unspecified atom stereocenters. The molecule has 0 aliphatic heterocycles. The van der Waals surface area contributed by atoms with Crippen LogP contribution in [0.5, 0.6) is 0 Å². The molecule has 0 aromatic heterocycles. The lowest BCUT2D eigenvalue weighted by atomic mass is 9.73. The van der Waals surface area contributed by atoms with E-state index in [-0.39, 0.29) is 31.8 Å². The molecule has 2 atom stereocenters. The summed E-state index contributed by atoms with van der Waals surface area (Å²) in [6, 6.07) is 0. The number of carbonyl (C=O) groups is 2. The van der Waals surface area contributed by atoms with Crippen molar-refractivity contribution >= 4 is 11.6 Å². The van der Waals surface area contributed by atoms with Gasteiger partial charge in [0, 0.05) is 19.6 Å². The molecular weight excluding hydrogens is 200 g/mol. The van der Waals surface area contributed by atoms with Crippen LogP contribution >= 0.6 is 0 Å². The lowest BCUT2D eigenvalue weighted by Gasteiger charge is -2.34. The van der Waals surface area contributed by atoms with Crippen LogP contribution in [0.1, 0.15) is 12.8 Å². The Balaban J connectivity index is 3.00. The highest BCUT2D eigenvalue weighted by Crippen LogP contribution is 2.30. The minimum Gasteiger partial charge on any atom is -0.396 e. The zero-order chi connectivity index (χ0) is 11.5. The van der Waals surface area contributed by atoms with Gasteiger partial charge < -0.3 is 15.3 Å². The van der Waals surface area contributed by atoms with Crippen LogP contribution in [-0.2, 0) is 9.59 Å². The molecule has 0 aromatic carbocycles. The second-order valence-corrected chi connectivity index (χ2v) is 3.56. The summed E-state index contributed by atoms with van der Waals surface area (Å²) in [6.07, 6.45) is 1.96. The van der Waals surface area contributed by atoms with Gasteiger partial charge in [-0.15, -0.1) is 0 Å². The molecular formula is C10H14O5. The number of carbonyl (C=O) groups excluding carboxylic acids is 2. The molecule has 0 spiro atoms. The molecule has 0 saturated carbocycles. The van der Waals surface area contributed by atoms with Gasteiger partial charge in [0.25, 0.3) is 0 Å². The topological polar surface area (TPSA) is 94.8 Å². The van der Waals surface area contributed by atoms with Gasteiger partial charge >= 0.3 is 0 Å². The van der Waals surface area contributed by atoms with E-state index in [4.69, 9.17) is 10.2 Å². The minimum absolute atomic E-state index is 0.0193. The van der Waals surface area contributed by atoms with Gasteiger partial charge in [0.2, 0.25) is 0 Å². The SMILES string of the molecule is O=C1C=CC(=O)C(O)(CCO)C1CCO. The average molecular weight is 214 g/mol. The van der Waals surface area contributed by atoms with Crippen LogP contribution in [0.15, 0.2) is 12.2 Å². The van der Waals surface area contributed by atoms with Crippen LogP contribution in [0.25, 0.3) is 0 Å². The molecule has 1 aliphatic carbocycles. The van der Waals surface area contributed by atoms with Crippen molar-refractivity contribution in [2.75, 3.05) is 13.2 Å². The molecule has 84 valence electrons. The quantitative estimate of drug-likeness (QED) is 0.546. The molecule has 0 fully saturated rings. The van der Waals surface area contributed by atoms with Crippen LogP contribution in [0.4, 0.5) is 0 Å². The van der Waals surface area contributed by atoms with E-state index in [1.807, 2.05) is 0 Å². The van der Waals surface area contributed by atoms with Crippen molar-refractivity contribution in [3.05, 3.63) is 12.2 Å². The summed E-state index contributed by atoms with van der Waals surface area (Å²) in [5.74, 6) is -1.93. The molecule has 15 heavy (non-hydrogen) atoms. The van der Waals surface area contributed by atoms with E-state index in [1.165, 1.54) is 0 Å². The summed E-state index contributed by atoms with van der Waals surface area (Å²) in [6.45, 7) is -0.670. The summed E-state index contributed by atoms with van der Waals surface area (Å²) >= 11 is 0. The largest absolute Gasteiger partial charge is 0.396 e. The molecule has 0 heterocycles. The van der Waals surface area contributed by atoms with Gasteiger partial charge in [-0.1, -0.05) is 0 Å². The second kappa shape index (κ2) is 4.65. The summed E-state index contributed by atoms with van der Waals surface area (Å²) < 4.78 is 0. The van der Waals surface area contributed by atoms with Gasteiger partial charge in [-0.3, -0.25) is 9.59 Å². The van der Waals surface area contributed by atoms with Crippen LogP contribution in [0.2, 0.25) is 0 Å². The molecule has 1 rings (SSSR count). The third-order valence-corrected chi connectivity index (χ3v) is 2.66. The molecule has 0 aromatic rings. The Morgan fingerprint density at radius 1 is 1.20 bits per heavy atom. The van der Waals surface area contributed by atoms with Crippen molar-refractivity contribution in [3.63, 3.8) is 0 Å². The van der Waals surface area contributed by atoms with Crippen molar-refractivity contribution in [2.24, 2.45) is 5.92 Å². The predicted octanol–water partition coefficient (Wildman–Crippen LogP) is -1.19. The molecule has 1 aliphatic rings. The fourth-order valence-electron chi connectivity index (χ4n) is 1.80. The molecule has 0 bridgehead atoms. The zero-order valence-electron chi connectivity index (χ0n) is 8.22. The van der Waals surface area contributed by atoms with E-state index in [2.05, 4.69) is 0 Å². The van der Waals surface area contributed by atoms with Crippen molar-refractivity contribution in [1.29, 1.82) is 0 Å². The van der Waals surface area contributed by atoms with Gasteiger partial charge in [0.1, 0.15) is 5.60 Å². The van der Waals surface area contributed by atoms with E-state index in [0.717, 1.165) is 12.2 Å². The maximum atomic E-state index is 11.5. The first-order valence-electron chi connectivity index (χ1n) is 4.76. The summed E-state index contributed by atoms with van der Waals surface area (Å²) in [5.41, 5.74) is -1.86. The third kappa shape index (κ3) is 2.14. The predicted molar refractivity (Wildman–Crippen MR) is 51.0 cm³/mol. The standard InChI is InChI=1S/C10H14O5/c11-5-3-7-8(13)1-2-9(14)10(7,15)4-6-12/h1-2,7,11-12,15H,3-6H2. The maximum Gasteiger partial charge on any atom is 0.188 e. The number of hydrogen-bond acceptors (Lipinski definition) is 5. The number of aliphatic hydroxyl groups is 3. The Labute approximate surface area is 87.0 Å². The Morgan fingerprint density at radius 2 is 1.87 bits per heavy atom. The number of hydrogen-bond donors (Lipinski definition) is 3. The highest BCUT2D eigenvalue weighted by Gasteiger charge is 2.46. The first kappa shape index (κ1) is 12.0.